The van der Waals surface area contributed by atoms with E-state index < -0.39 is 0 Å². The minimum atomic E-state index is 0.0378. The normalized spacial score (nSPS) is 10.9. The highest BCUT2D eigenvalue weighted by molar-refractivity contribution is 5.74. The fourth-order valence-electron chi connectivity index (χ4n) is 1.61. The minimum Gasteiger partial charge on any atom is -0.505 e. The number of hydrogen-bond donors (Lipinski definition) is 1. The molecule has 0 amide bonds. The van der Waals surface area contributed by atoms with Crippen molar-refractivity contribution in [1.82, 2.24) is 15.0 Å². The van der Waals surface area contributed by atoms with E-state index in [0.29, 0.717) is 22.7 Å². The van der Waals surface area contributed by atoms with Crippen LogP contribution in [0.25, 0.3) is 22.7 Å². The first-order valence-corrected chi connectivity index (χ1v) is 5.10. The standard InChI is InChI=1S/C12H9N3O2/c1-7-4-9-12(14-5-7)17-11(15-9)8-2-3-13-6-10(8)16/h2-6,16H,1H3. The van der Waals surface area contributed by atoms with Crippen molar-refractivity contribution < 1.29 is 9.52 Å². The molecule has 84 valence electrons. The molecule has 0 aliphatic heterocycles. The number of pyridine rings is 2. The van der Waals surface area contributed by atoms with Crippen molar-refractivity contribution in [3.05, 3.63) is 36.3 Å². The molecule has 3 heterocycles. The molecule has 0 saturated carbocycles. The zero-order valence-electron chi connectivity index (χ0n) is 9.08. The van der Waals surface area contributed by atoms with Crippen LogP contribution in [0, 0.1) is 6.92 Å². The third-order valence-electron chi connectivity index (χ3n) is 2.41. The lowest BCUT2D eigenvalue weighted by molar-refractivity contribution is 0.471. The van der Waals surface area contributed by atoms with Gasteiger partial charge in [0.25, 0.3) is 0 Å². The lowest BCUT2D eigenvalue weighted by Gasteiger charge is -1.96. The molecule has 0 aliphatic rings. The molecule has 0 aliphatic carbocycles. The molecule has 5 heteroatoms. The quantitative estimate of drug-likeness (QED) is 0.690. The highest BCUT2D eigenvalue weighted by atomic mass is 16.4. The van der Waals surface area contributed by atoms with Gasteiger partial charge in [-0.25, -0.2) is 9.97 Å². The van der Waals surface area contributed by atoms with Crippen molar-refractivity contribution in [2.24, 2.45) is 0 Å². The van der Waals surface area contributed by atoms with Gasteiger partial charge in [-0.15, -0.1) is 0 Å². The van der Waals surface area contributed by atoms with Crippen LogP contribution in [0.2, 0.25) is 0 Å². The van der Waals surface area contributed by atoms with Gasteiger partial charge in [0.1, 0.15) is 11.3 Å². The Kier molecular flexibility index (Phi) is 2.04. The Hall–Kier alpha value is -2.43. The summed E-state index contributed by atoms with van der Waals surface area (Å²) in [4.78, 5) is 12.2. The van der Waals surface area contributed by atoms with Crippen molar-refractivity contribution in [2.45, 2.75) is 6.92 Å². The summed E-state index contributed by atoms with van der Waals surface area (Å²) in [7, 11) is 0. The number of rotatable bonds is 1. The molecule has 0 aromatic carbocycles. The van der Waals surface area contributed by atoms with Crippen LogP contribution in [0.15, 0.2) is 35.1 Å². The van der Waals surface area contributed by atoms with Gasteiger partial charge in [0, 0.05) is 12.4 Å². The van der Waals surface area contributed by atoms with Crippen LogP contribution in [-0.4, -0.2) is 20.1 Å². The van der Waals surface area contributed by atoms with E-state index in [4.69, 9.17) is 4.42 Å². The third-order valence-corrected chi connectivity index (χ3v) is 2.41. The zero-order valence-corrected chi connectivity index (χ0v) is 9.08. The summed E-state index contributed by atoms with van der Waals surface area (Å²) >= 11 is 0. The number of aromatic hydroxyl groups is 1. The minimum absolute atomic E-state index is 0.0378. The first-order valence-electron chi connectivity index (χ1n) is 5.10. The Labute approximate surface area is 96.8 Å². The van der Waals surface area contributed by atoms with E-state index in [-0.39, 0.29) is 5.75 Å². The van der Waals surface area contributed by atoms with Gasteiger partial charge in [0.05, 0.1) is 11.8 Å². The monoisotopic (exact) mass is 227 g/mol. The van der Waals surface area contributed by atoms with Gasteiger partial charge in [0.2, 0.25) is 11.6 Å². The molecule has 0 radical (unpaired) electrons. The zero-order chi connectivity index (χ0) is 11.8. The Morgan fingerprint density at radius 1 is 1.29 bits per heavy atom. The molecule has 5 nitrogen and oxygen atoms in total. The Morgan fingerprint density at radius 3 is 3.00 bits per heavy atom. The fourth-order valence-corrected chi connectivity index (χ4v) is 1.61. The molecule has 3 aromatic rings. The Morgan fingerprint density at radius 2 is 2.18 bits per heavy atom. The van der Waals surface area contributed by atoms with Gasteiger partial charge in [-0.2, -0.15) is 0 Å². The van der Waals surface area contributed by atoms with Gasteiger partial charge < -0.3 is 9.52 Å². The van der Waals surface area contributed by atoms with Crippen molar-refractivity contribution in [2.75, 3.05) is 0 Å². The van der Waals surface area contributed by atoms with Gasteiger partial charge in [-0.1, -0.05) is 0 Å². The molecule has 0 saturated heterocycles. The van der Waals surface area contributed by atoms with Gasteiger partial charge in [-0.3, -0.25) is 4.98 Å². The summed E-state index contributed by atoms with van der Waals surface area (Å²) < 4.78 is 5.48. The van der Waals surface area contributed by atoms with E-state index in [9.17, 15) is 5.11 Å². The number of aryl methyl sites for hydroxylation is 1. The lowest BCUT2D eigenvalue weighted by Crippen LogP contribution is -1.80. The molecule has 0 unspecified atom stereocenters. The van der Waals surface area contributed by atoms with Gasteiger partial charge in [-0.05, 0) is 24.6 Å². The summed E-state index contributed by atoms with van der Waals surface area (Å²) in [6.45, 7) is 1.94. The van der Waals surface area contributed by atoms with Crippen molar-refractivity contribution >= 4 is 11.2 Å². The second-order valence-corrected chi connectivity index (χ2v) is 3.75. The smallest absolute Gasteiger partial charge is 0.247 e. The Balaban J connectivity index is 2.22. The maximum absolute atomic E-state index is 9.66. The van der Waals surface area contributed by atoms with E-state index in [1.165, 1.54) is 6.20 Å². The van der Waals surface area contributed by atoms with E-state index >= 15 is 0 Å². The maximum atomic E-state index is 9.66. The predicted molar refractivity (Wildman–Crippen MR) is 61.4 cm³/mol. The van der Waals surface area contributed by atoms with Crippen LogP contribution in [0.1, 0.15) is 5.56 Å². The SMILES string of the molecule is Cc1cnc2oc(-c3ccncc3O)nc2c1. The predicted octanol–water partition coefficient (Wildman–Crippen LogP) is 2.30. The van der Waals surface area contributed by atoms with Crippen LogP contribution in [-0.2, 0) is 0 Å². The first kappa shape index (κ1) is 9.77. The number of nitrogens with zero attached hydrogens (tertiary/aromatic N) is 3. The summed E-state index contributed by atoms with van der Waals surface area (Å²) in [5, 5.41) is 9.66. The van der Waals surface area contributed by atoms with Crippen LogP contribution in [0.3, 0.4) is 0 Å². The lowest BCUT2D eigenvalue weighted by atomic mass is 10.2. The van der Waals surface area contributed by atoms with Gasteiger partial charge in [0.15, 0.2) is 0 Å². The second-order valence-electron chi connectivity index (χ2n) is 3.75. The van der Waals surface area contributed by atoms with Crippen molar-refractivity contribution in [3.63, 3.8) is 0 Å². The first-order chi connectivity index (χ1) is 8.24. The van der Waals surface area contributed by atoms with Crippen molar-refractivity contribution in [1.29, 1.82) is 0 Å². The third kappa shape index (κ3) is 1.61. The molecular weight excluding hydrogens is 218 g/mol. The van der Waals surface area contributed by atoms with Crippen LogP contribution in [0.4, 0.5) is 0 Å². The highest BCUT2D eigenvalue weighted by Crippen LogP contribution is 2.29. The van der Waals surface area contributed by atoms with Gasteiger partial charge >= 0.3 is 0 Å². The van der Waals surface area contributed by atoms with Crippen LogP contribution >= 0.6 is 0 Å². The molecule has 1 N–H and O–H groups in total. The number of hydrogen-bond acceptors (Lipinski definition) is 5. The van der Waals surface area contributed by atoms with Crippen molar-refractivity contribution in [3.8, 4) is 17.2 Å². The molecule has 0 bridgehead atoms. The maximum Gasteiger partial charge on any atom is 0.247 e. The average molecular weight is 227 g/mol. The van der Waals surface area contributed by atoms with E-state index in [2.05, 4.69) is 15.0 Å². The highest BCUT2D eigenvalue weighted by Gasteiger charge is 2.12. The van der Waals surface area contributed by atoms with E-state index in [1.54, 1.807) is 18.5 Å². The summed E-state index contributed by atoms with van der Waals surface area (Å²) in [5.74, 6) is 0.383. The molecule has 0 atom stereocenters. The largest absolute Gasteiger partial charge is 0.505 e. The van der Waals surface area contributed by atoms with Crippen LogP contribution in [0.5, 0.6) is 5.75 Å². The average Bonchev–Trinajstić information content (AvgIpc) is 2.72. The molecule has 3 aromatic heterocycles. The van der Waals surface area contributed by atoms with E-state index in [0.717, 1.165) is 5.56 Å². The number of fused-ring (bicyclic) bond motifs is 1. The fraction of sp³-hybridized carbons (Fsp3) is 0.0833. The molecule has 3 rings (SSSR count). The summed E-state index contributed by atoms with van der Waals surface area (Å²) in [6.07, 6.45) is 4.63. The van der Waals surface area contributed by atoms with E-state index in [1.807, 2.05) is 13.0 Å². The Bertz CT molecular complexity index is 691. The molecule has 0 spiro atoms. The molecule has 17 heavy (non-hydrogen) atoms. The second kappa shape index (κ2) is 3.55. The summed E-state index contributed by atoms with van der Waals surface area (Å²) in [6, 6.07) is 3.53. The van der Waals surface area contributed by atoms with Crippen LogP contribution < -0.4 is 0 Å². The summed E-state index contributed by atoms with van der Waals surface area (Å²) in [5.41, 5.74) is 2.66. The number of oxazole rings is 1. The topological polar surface area (TPSA) is 72.0 Å². The molecular formula is C12H9N3O2. The molecule has 0 fully saturated rings. The number of aromatic nitrogens is 3.